The van der Waals surface area contributed by atoms with Crippen LogP contribution in [0, 0.1) is 18.3 Å². The lowest BCUT2D eigenvalue weighted by Gasteiger charge is -2.09. The fourth-order valence-corrected chi connectivity index (χ4v) is 1.35. The van der Waals surface area contributed by atoms with Gasteiger partial charge >= 0.3 is 5.97 Å². The van der Waals surface area contributed by atoms with E-state index in [9.17, 15) is 4.79 Å². The highest BCUT2D eigenvalue weighted by atomic mass is 16.6. The van der Waals surface area contributed by atoms with Gasteiger partial charge in [-0.05, 0) is 31.5 Å². The van der Waals surface area contributed by atoms with Crippen molar-refractivity contribution in [1.82, 2.24) is 0 Å². The molecule has 1 aromatic carbocycles. The Morgan fingerprint density at radius 2 is 2.22 bits per heavy atom. The van der Waals surface area contributed by atoms with E-state index >= 15 is 0 Å². The fourth-order valence-electron chi connectivity index (χ4n) is 1.35. The molecular weight excluding hydrogens is 232 g/mol. The van der Waals surface area contributed by atoms with Crippen molar-refractivity contribution in [2.24, 2.45) is 0 Å². The third-order valence-corrected chi connectivity index (χ3v) is 2.46. The number of carbonyl (C=O) groups excluding carboxylic acids is 1. The van der Waals surface area contributed by atoms with E-state index in [0.29, 0.717) is 16.8 Å². The van der Waals surface area contributed by atoms with Gasteiger partial charge in [-0.3, -0.25) is 0 Å². The van der Waals surface area contributed by atoms with Crippen molar-refractivity contribution in [2.75, 3.05) is 18.9 Å². The van der Waals surface area contributed by atoms with Gasteiger partial charge in [0.25, 0.3) is 0 Å². The number of nitrogens with zero attached hydrogens (tertiary/aromatic N) is 1. The molecule has 0 aliphatic carbocycles. The molecule has 0 aromatic heterocycles. The van der Waals surface area contributed by atoms with Gasteiger partial charge in [0.1, 0.15) is 12.7 Å². The molecule has 0 saturated heterocycles. The van der Waals surface area contributed by atoms with Crippen LogP contribution in [-0.2, 0) is 9.47 Å². The summed E-state index contributed by atoms with van der Waals surface area (Å²) in [5.74, 6) is -0.437. The summed E-state index contributed by atoms with van der Waals surface area (Å²) in [5.41, 5.74) is 7.41. The molecule has 5 nitrogen and oxygen atoms in total. The Labute approximate surface area is 106 Å². The SMILES string of the molecule is Cc1c(N)cccc1C(=O)OCCOC(C)C#N. The highest BCUT2D eigenvalue weighted by molar-refractivity contribution is 5.92. The number of ether oxygens (including phenoxy) is 2. The summed E-state index contributed by atoms with van der Waals surface area (Å²) in [7, 11) is 0. The summed E-state index contributed by atoms with van der Waals surface area (Å²) in [5, 5.41) is 8.49. The van der Waals surface area contributed by atoms with Gasteiger partial charge in [-0.15, -0.1) is 0 Å². The van der Waals surface area contributed by atoms with Crippen molar-refractivity contribution in [3.63, 3.8) is 0 Å². The molecule has 0 amide bonds. The van der Waals surface area contributed by atoms with E-state index in [-0.39, 0.29) is 13.2 Å². The normalized spacial score (nSPS) is 11.6. The summed E-state index contributed by atoms with van der Waals surface area (Å²) in [6.45, 7) is 3.70. The molecule has 0 fully saturated rings. The number of nitrogen functional groups attached to an aromatic ring is 1. The van der Waals surface area contributed by atoms with Crippen molar-refractivity contribution in [3.05, 3.63) is 29.3 Å². The van der Waals surface area contributed by atoms with Crippen LogP contribution in [0.5, 0.6) is 0 Å². The average Bonchev–Trinajstić information content (AvgIpc) is 2.37. The van der Waals surface area contributed by atoms with E-state index in [1.807, 2.05) is 6.07 Å². The van der Waals surface area contributed by atoms with Crippen LogP contribution < -0.4 is 5.73 Å². The van der Waals surface area contributed by atoms with Crippen LogP contribution in [0.3, 0.4) is 0 Å². The molecule has 0 heterocycles. The quantitative estimate of drug-likeness (QED) is 0.486. The smallest absolute Gasteiger partial charge is 0.338 e. The molecule has 1 unspecified atom stereocenters. The molecule has 96 valence electrons. The maximum Gasteiger partial charge on any atom is 0.338 e. The van der Waals surface area contributed by atoms with Crippen molar-refractivity contribution < 1.29 is 14.3 Å². The second-order valence-electron chi connectivity index (χ2n) is 3.80. The third kappa shape index (κ3) is 3.75. The standard InChI is InChI=1S/C13H16N2O3/c1-9(8-14)17-6-7-18-13(16)11-4-3-5-12(15)10(11)2/h3-5,9H,6-7,15H2,1-2H3. The minimum atomic E-state index is -0.502. The Morgan fingerprint density at radius 3 is 2.89 bits per heavy atom. The Hall–Kier alpha value is -2.06. The molecule has 0 bridgehead atoms. The van der Waals surface area contributed by atoms with Gasteiger partial charge in [0, 0.05) is 5.69 Å². The van der Waals surface area contributed by atoms with E-state index in [1.165, 1.54) is 0 Å². The van der Waals surface area contributed by atoms with Crippen LogP contribution in [0.4, 0.5) is 5.69 Å². The zero-order chi connectivity index (χ0) is 13.5. The molecule has 1 rings (SSSR count). The number of hydrogen-bond acceptors (Lipinski definition) is 5. The van der Waals surface area contributed by atoms with E-state index < -0.39 is 12.1 Å². The first-order valence-corrected chi connectivity index (χ1v) is 5.59. The lowest BCUT2D eigenvalue weighted by molar-refractivity contribution is 0.0247. The summed E-state index contributed by atoms with van der Waals surface area (Å²) in [4.78, 5) is 11.7. The lowest BCUT2D eigenvalue weighted by Crippen LogP contribution is -2.15. The number of rotatable bonds is 5. The fraction of sp³-hybridized carbons (Fsp3) is 0.385. The van der Waals surface area contributed by atoms with Crippen molar-refractivity contribution in [2.45, 2.75) is 20.0 Å². The Balaban J connectivity index is 2.47. The number of nitrogens with two attached hydrogens (primary N) is 1. The summed E-state index contributed by atoms with van der Waals surface area (Å²) >= 11 is 0. The first-order chi connectivity index (χ1) is 8.56. The average molecular weight is 248 g/mol. The molecule has 1 atom stereocenters. The van der Waals surface area contributed by atoms with Gasteiger partial charge < -0.3 is 15.2 Å². The van der Waals surface area contributed by atoms with Crippen LogP contribution in [0.15, 0.2) is 18.2 Å². The summed E-state index contributed by atoms with van der Waals surface area (Å²) in [6, 6.07) is 7.01. The molecule has 0 aliphatic heterocycles. The van der Waals surface area contributed by atoms with Crippen molar-refractivity contribution in [3.8, 4) is 6.07 Å². The highest BCUT2D eigenvalue weighted by Crippen LogP contribution is 2.16. The van der Waals surface area contributed by atoms with Crippen molar-refractivity contribution in [1.29, 1.82) is 5.26 Å². The first kappa shape index (κ1) is 14.0. The van der Waals surface area contributed by atoms with Gasteiger partial charge in [-0.1, -0.05) is 6.07 Å². The predicted octanol–water partition coefficient (Wildman–Crippen LogP) is 1.66. The second kappa shape index (κ2) is 6.62. The van der Waals surface area contributed by atoms with Crippen LogP contribution in [0.2, 0.25) is 0 Å². The predicted molar refractivity (Wildman–Crippen MR) is 66.9 cm³/mol. The number of hydrogen-bond donors (Lipinski definition) is 1. The number of esters is 1. The minimum absolute atomic E-state index is 0.110. The maximum atomic E-state index is 11.7. The van der Waals surface area contributed by atoms with Crippen LogP contribution in [0.25, 0.3) is 0 Å². The van der Waals surface area contributed by atoms with Gasteiger partial charge in [-0.25, -0.2) is 4.79 Å². The molecule has 0 saturated carbocycles. The van der Waals surface area contributed by atoms with E-state index in [2.05, 4.69) is 0 Å². The van der Waals surface area contributed by atoms with E-state index in [1.54, 1.807) is 32.0 Å². The van der Waals surface area contributed by atoms with Gasteiger partial charge in [0.2, 0.25) is 0 Å². The zero-order valence-corrected chi connectivity index (χ0v) is 10.5. The zero-order valence-electron chi connectivity index (χ0n) is 10.5. The molecule has 2 N–H and O–H groups in total. The van der Waals surface area contributed by atoms with Gasteiger partial charge in [0.15, 0.2) is 0 Å². The summed E-state index contributed by atoms with van der Waals surface area (Å²) in [6.07, 6.45) is -0.502. The van der Waals surface area contributed by atoms with Gasteiger partial charge in [0.05, 0.1) is 18.2 Å². The van der Waals surface area contributed by atoms with Crippen LogP contribution >= 0.6 is 0 Å². The van der Waals surface area contributed by atoms with Gasteiger partial charge in [-0.2, -0.15) is 5.26 Å². The Kier molecular flexibility index (Phi) is 5.15. The van der Waals surface area contributed by atoms with Crippen LogP contribution in [-0.4, -0.2) is 25.3 Å². The molecule has 0 aliphatic rings. The van der Waals surface area contributed by atoms with E-state index in [0.717, 1.165) is 0 Å². The molecule has 0 spiro atoms. The lowest BCUT2D eigenvalue weighted by atomic mass is 10.1. The molecular formula is C13H16N2O3. The third-order valence-electron chi connectivity index (χ3n) is 2.46. The van der Waals surface area contributed by atoms with Crippen molar-refractivity contribution >= 4 is 11.7 Å². The largest absolute Gasteiger partial charge is 0.460 e. The Morgan fingerprint density at radius 1 is 1.50 bits per heavy atom. The molecule has 1 aromatic rings. The molecule has 18 heavy (non-hydrogen) atoms. The molecule has 5 heteroatoms. The number of nitriles is 1. The summed E-state index contributed by atoms with van der Waals surface area (Å²) < 4.78 is 10.1. The topological polar surface area (TPSA) is 85.3 Å². The second-order valence-corrected chi connectivity index (χ2v) is 3.80. The maximum absolute atomic E-state index is 11.7. The van der Waals surface area contributed by atoms with E-state index in [4.69, 9.17) is 20.5 Å². The highest BCUT2D eigenvalue weighted by Gasteiger charge is 2.11. The first-order valence-electron chi connectivity index (χ1n) is 5.59. The van der Waals surface area contributed by atoms with Crippen LogP contribution in [0.1, 0.15) is 22.8 Å². The minimum Gasteiger partial charge on any atom is -0.460 e. The molecule has 0 radical (unpaired) electrons. The number of carbonyl (C=O) groups is 1. The monoisotopic (exact) mass is 248 g/mol. The Bertz CT molecular complexity index is 466. The number of anilines is 1. The number of benzene rings is 1.